The molecule has 0 aromatic heterocycles. The predicted molar refractivity (Wildman–Crippen MR) is 68.8 cm³/mol. The van der Waals surface area contributed by atoms with Crippen LogP contribution >= 0.6 is 11.6 Å². The molecular weight excluding hydrogens is 273 g/mol. The minimum atomic E-state index is -0.880. The molecule has 2 aromatic rings. The Bertz CT molecular complexity index is 619. The van der Waals surface area contributed by atoms with Crippen LogP contribution in [0, 0.1) is 15.9 Å². The average molecular weight is 282 g/mol. The number of benzene rings is 2. The molecule has 0 unspecified atom stereocenters. The number of nitro groups is 1. The molecule has 0 aliphatic rings. The summed E-state index contributed by atoms with van der Waals surface area (Å²) < 4.78 is 19.1. The van der Waals surface area contributed by atoms with Gasteiger partial charge in [-0.3, -0.25) is 10.1 Å². The fourth-order valence-electron chi connectivity index (χ4n) is 1.54. The van der Waals surface area contributed by atoms with Gasteiger partial charge in [-0.2, -0.15) is 4.39 Å². The fraction of sp³-hybridized carbons (Fsp3) is 0.0769. The molecule has 0 saturated heterocycles. The van der Waals surface area contributed by atoms with Gasteiger partial charge in [0.05, 0.1) is 4.92 Å². The van der Waals surface area contributed by atoms with Crippen LogP contribution in [0.15, 0.2) is 42.5 Å². The molecule has 0 bridgehead atoms. The molecule has 0 amide bonds. The van der Waals surface area contributed by atoms with Crippen molar-refractivity contribution in [1.82, 2.24) is 0 Å². The largest absolute Gasteiger partial charge is 0.489 e. The lowest BCUT2D eigenvalue weighted by Crippen LogP contribution is -2.01. The van der Waals surface area contributed by atoms with Crippen molar-refractivity contribution in [3.05, 3.63) is 69.0 Å². The summed E-state index contributed by atoms with van der Waals surface area (Å²) in [4.78, 5) is 9.83. The number of hydrogen-bond donors (Lipinski definition) is 0. The Balaban J connectivity index is 2.16. The summed E-state index contributed by atoms with van der Waals surface area (Å²) in [5.74, 6) is -0.409. The van der Waals surface area contributed by atoms with Crippen molar-refractivity contribution in [2.24, 2.45) is 0 Å². The van der Waals surface area contributed by atoms with E-state index in [4.69, 9.17) is 16.3 Å². The quantitative estimate of drug-likeness (QED) is 0.629. The summed E-state index contributed by atoms with van der Waals surface area (Å²) >= 11 is 5.78. The second-order valence-electron chi connectivity index (χ2n) is 3.75. The standard InChI is InChI=1S/C13H9ClFNO3/c14-10-4-2-5-11(7-10)19-8-9-3-1-6-12(13(9)15)16(17)18/h1-7H,8H2. The molecule has 4 nitrogen and oxygen atoms in total. The van der Waals surface area contributed by atoms with Crippen LogP contribution < -0.4 is 4.74 Å². The Morgan fingerprint density at radius 1 is 1.26 bits per heavy atom. The molecule has 2 aromatic carbocycles. The summed E-state index contributed by atoms with van der Waals surface area (Å²) in [7, 11) is 0. The van der Waals surface area contributed by atoms with Gasteiger partial charge in [-0.15, -0.1) is 0 Å². The van der Waals surface area contributed by atoms with Crippen LogP contribution in [0.4, 0.5) is 10.1 Å². The van der Waals surface area contributed by atoms with Gasteiger partial charge in [0.2, 0.25) is 5.82 Å². The zero-order valence-corrected chi connectivity index (χ0v) is 10.4. The second-order valence-corrected chi connectivity index (χ2v) is 4.19. The lowest BCUT2D eigenvalue weighted by molar-refractivity contribution is -0.387. The molecule has 0 atom stereocenters. The van der Waals surface area contributed by atoms with E-state index in [9.17, 15) is 14.5 Å². The van der Waals surface area contributed by atoms with E-state index >= 15 is 0 Å². The zero-order chi connectivity index (χ0) is 13.8. The Morgan fingerprint density at radius 3 is 2.68 bits per heavy atom. The van der Waals surface area contributed by atoms with Crippen molar-refractivity contribution < 1.29 is 14.1 Å². The minimum Gasteiger partial charge on any atom is -0.489 e. The molecule has 0 N–H and O–H groups in total. The van der Waals surface area contributed by atoms with Crippen molar-refractivity contribution in [3.63, 3.8) is 0 Å². The molecule has 0 spiro atoms. The maximum absolute atomic E-state index is 13.8. The fourth-order valence-corrected chi connectivity index (χ4v) is 1.72. The van der Waals surface area contributed by atoms with Gasteiger partial charge in [0.25, 0.3) is 0 Å². The maximum Gasteiger partial charge on any atom is 0.305 e. The number of ether oxygens (including phenoxy) is 1. The van der Waals surface area contributed by atoms with E-state index in [1.54, 1.807) is 24.3 Å². The molecule has 0 radical (unpaired) electrons. The van der Waals surface area contributed by atoms with Crippen molar-refractivity contribution >= 4 is 17.3 Å². The van der Waals surface area contributed by atoms with Crippen LogP contribution in [0.1, 0.15) is 5.56 Å². The van der Waals surface area contributed by atoms with Crippen LogP contribution in [0.2, 0.25) is 5.02 Å². The first-order valence-electron chi connectivity index (χ1n) is 5.38. The smallest absolute Gasteiger partial charge is 0.305 e. The summed E-state index contributed by atoms with van der Waals surface area (Å²) in [5, 5.41) is 11.1. The molecule has 19 heavy (non-hydrogen) atoms. The lowest BCUT2D eigenvalue weighted by atomic mass is 10.2. The van der Waals surface area contributed by atoms with Crippen LogP contribution in [-0.2, 0) is 6.61 Å². The van der Waals surface area contributed by atoms with Crippen LogP contribution in [0.25, 0.3) is 0 Å². The van der Waals surface area contributed by atoms with Crippen molar-refractivity contribution in [2.75, 3.05) is 0 Å². The predicted octanol–water partition coefficient (Wildman–Crippen LogP) is 3.97. The van der Waals surface area contributed by atoms with Crippen LogP contribution in [0.3, 0.4) is 0 Å². The highest BCUT2D eigenvalue weighted by Gasteiger charge is 2.17. The molecule has 0 aliphatic heterocycles. The van der Waals surface area contributed by atoms with Crippen LogP contribution in [0.5, 0.6) is 5.75 Å². The second kappa shape index (κ2) is 5.67. The van der Waals surface area contributed by atoms with Gasteiger partial charge in [-0.1, -0.05) is 29.8 Å². The molecular formula is C13H9ClFNO3. The van der Waals surface area contributed by atoms with E-state index in [1.807, 2.05) is 0 Å². The lowest BCUT2D eigenvalue weighted by Gasteiger charge is -2.07. The molecule has 0 fully saturated rings. The molecule has 2 rings (SSSR count). The number of halogens is 2. The first-order chi connectivity index (χ1) is 9.08. The monoisotopic (exact) mass is 281 g/mol. The van der Waals surface area contributed by atoms with Crippen LogP contribution in [-0.4, -0.2) is 4.92 Å². The summed E-state index contributed by atoms with van der Waals surface area (Å²) in [5.41, 5.74) is -0.443. The minimum absolute atomic E-state index is 0.103. The Morgan fingerprint density at radius 2 is 2.00 bits per heavy atom. The Labute approximate surface area is 113 Å². The first-order valence-corrected chi connectivity index (χ1v) is 5.76. The highest BCUT2D eigenvalue weighted by atomic mass is 35.5. The van der Waals surface area contributed by atoms with Crippen molar-refractivity contribution in [1.29, 1.82) is 0 Å². The number of rotatable bonds is 4. The van der Waals surface area contributed by atoms with E-state index in [0.29, 0.717) is 10.8 Å². The number of nitro benzene ring substituents is 1. The average Bonchev–Trinajstić information content (AvgIpc) is 2.37. The number of nitrogens with zero attached hydrogens (tertiary/aromatic N) is 1. The third-order valence-corrected chi connectivity index (χ3v) is 2.68. The normalized spacial score (nSPS) is 10.2. The van der Waals surface area contributed by atoms with Gasteiger partial charge >= 0.3 is 5.69 Å². The van der Waals surface area contributed by atoms with Crippen molar-refractivity contribution in [3.8, 4) is 5.75 Å². The zero-order valence-electron chi connectivity index (χ0n) is 9.68. The maximum atomic E-state index is 13.8. The Hall–Kier alpha value is -2.14. The topological polar surface area (TPSA) is 52.4 Å². The van der Waals surface area contributed by atoms with E-state index in [1.165, 1.54) is 12.1 Å². The molecule has 0 aliphatic carbocycles. The molecule has 98 valence electrons. The summed E-state index contributed by atoms with van der Waals surface area (Å²) in [6.45, 7) is -0.103. The van der Waals surface area contributed by atoms with Gasteiger partial charge in [0.1, 0.15) is 12.4 Å². The van der Waals surface area contributed by atoms with E-state index in [0.717, 1.165) is 6.07 Å². The van der Waals surface area contributed by atoms with Gasteiger partial charge in [0.15, 0.2) is 0 Å². The molecule has 0 heterocycles. The van der Waals surface area contributed by atoms with E-state index < -0.39 is 16.4 Å². The van der Waals surface area contributed by atoms with Gasteiger partial charge < -0.3 is 4.74 Å². The van der Waals surface area contributed by atoms with Gasteiger partial charge in [-0.25, -0.2) is 0 Å². The van der Waals surface area contributed by atoms with E-state index in [-0.39, 0.29) is 12.2 Å². The highest BCUT2D eigenvalue weighted by molar-refractivity contribution is 6.30. The first kappa shape index (κ1) is 13.3. The Kier molecular flexibility index (Phi) is 3.97. The molecule has 6 heteroatoms. The third-order valence-electron chi connectivity index (χ3n) is 2.45. The molecule has 0 saturated carbocycles. The third kappa shape index (κ3) is 3.20. The number of hydrogen-bond acceptors (Lipinski definition) is 3. The SMILES string of the molecule is O=[N+]([O-])c1cccc(COc2cccc(Cl)c2)c1F. The van der Waals surface area contributed by atoms with Gasteiger partial charge in [0, 0.05) is 16.7 Å². The summed E-state index contributed by atoms with van der Waals surface area (Å²) in [6.07, 6.45) is 0. The van der Waals surface area contributed by atoms with Crippen molar-refractivity contribution in [2.45, 2.75) is 6.61 Å². The summed E-state index contributed by atoms with van der Waals surface area (Å²) in [6, 6.07) is 10.6. The van der Waals surface area contributed by atoms with E-state index in [2.05, 4.69) is 0 Å². The van der Waals surface area contributed by atoms with Gasteiger partial charge in [-0.05, 0) is 18.2 Å². The highest BCUT2D eigenvalue weighted by Crippen LogP contribution is 2.23.